The highest BCUT2D eigenvalue weighted by atomic mass is 16.1. The maximum Gasteiger partial charge on any atom is 0.229 e. The minimum atomic E-state index is -0.0267. The van der Waals surface area contributed by atoms with Crippen LogP contribution < -0.4 is 5.32 Å². The molecule has 0 fully saturated rings. The summed E-state index contributed by atoms with van der Waals surface area (Å²) in [5, 5.41) is 3.05. The summed E-state index contributed by atoms with van der Waals surface area (Å²) in [6.07, 6.45) is 5.44. The van der Waals surface area contributed by atoms with Gasteiger partial charge in [-0.25, -0.2) is 9.97 Å². The van der Waals surface area contributed by atoms with Gasteiger partial charge in [-0.15, -0.1) is 0 Å². The Labute approximate surface area is 162 Å². The van der Waals surface area contributed by atoms with Crippen molar-refractivity contribution in [3.05, 3.63) is 66.7 Å². The molecule has 1 N–H and O–H groups in total. The van der Waals surface area contributed by atoms with Crippen LogP contribution in [-0.2, 0) is 24.8 Å². The minimum Gasteiger partial charge on any atom is -0.334 e. The third-order valence-electron chi connectivity index (χ3n) is 5.53. The topological polar surface area (TPSA) is 64.7 Å². The van der Waals surface area contributed by atoms with Crippen LogP contribution >= 0.6 is 0 Å². The van der Waals surface area contributed by atoms with Crippen molar-refractivity contribution < 1.29 is 4.79 Å². The van der Waals surface area contributed by atoms with Crippen LogP contribution in [0, 0.1) is 5.92 Å². The zero-order valence-electron chi connectivity index (χ0n) is 15.7. The largest absolute Gasteiger partial charge is 0.334 e. The van der Waals surface area contributed by atoms with Gasteiger partial charge in [0.05, 0.1) is 23.3 Å². The molecule has 0 saturated heterocycles. The van der Waals surface area contributed by atoms with Crippen molar-refractivity contribution >= 4 is 22.6 Å². The van der Waals surface area contributed by atoms with Crippen molar-refractivity contribution in [1.29, 1.82) is 0 Å². The zero-order chi connectivity index (χ0) is 19.1. The predicted octanol–water partition coefficient (Wildman–Crippen LogP) is 3.64. The first-order valence-corrected chi connectivity index (χ1v) is 9.51. The van der Waals surface area contributed by atoms with Crippen LogP contribution in [0.15, 0.2) is 61.1 Å². The van der Waals surface area contributed by atoms with Crippen molar-refractivity contribution in [3.8, 4) is 11.4 Å². The first kappa shape index (κ1) is 16.7. The molecule has 0 saturated carbocycles. The van der Waals surface area contributed by atoms with Gasteiger partial charge in [-0.3, -0.25) is 4.79 Å². The number of aryl methyl sites for hydroxylation is 2. The van der Waals surface area contributed by atoms with E-state index in [4.69, 9.17) is 4.98 Å². The van der Waals surface area contributed by atoms with Gasteiger partial charge in [-0.2, -0.15) is 0 Å². The van der Waals surface area contributed by atoms with E-state index >= 15 is 0 Å². The van der Waals surface area contributed by atoms with Crippen LogP contribution in [0.25, 0.3) is 22.4 Å². The molecule has 0 aliphatic carbocycles. The molecule has 1 atom stereocenters. The molecule has 1 aliphatic heterocycles. The molecule has 3 heterocycles. The van der Waals surface area contributed by atoms with Crippen molar-refractivity contribution in [2.45, 2.75) is 19.4 Å². The number of anilines is 1. The lowest BCUT2D eigenvalue weighted by atomic mass is 9.97. The number of amides is 1. The summed E-state index contributed by atoms with van der Waals surface area (Å²) in [5.74, 6) is 0.954. The van der Waals surface area contributed by atoms with E-state index < -0.39 is 0 Å². The van der Waals surface area contributed by atoms with E-state index in [-0.39, 0.29) is 11.8 Å². The van der Waals surface area contributed by atoms with E-state index in [1.807, 2.05) is 55.7 Å². The molecule has 5 rings (SSSR count). The molecule has 0 radical (unpaired) electrons. The van der Waals surface area contributed by atoms with E-state index in [0.717, 1.165) is 41.0 Å². The van der Waals surface area contributed by atoms with Crippen LogP contribution in [0.5, 0.6) is 0 Å². The third kappa shape index (κ3) is 2.87. The number of rotatable bonds is 3. The fraction of sp³-hybridized carbons (Fsp3) is 0.227. The maximum absolute atomic E-state index is 12.7. The van der Waals surface area contributed by atoms with Crippen molar-refractivity contribution in [2.75, 3.05) is 5.32 Å². The fourth-order valence-electron chi connectivity index (χ4n) is 3.94. The quantitative estimate of drug-likeness (QED) is 0.598. The smallest absolute Gasteiger partial charge is 0.229 e. The Morgan fingerprint density at radius 1 is 1.14 bits per heavy atom. The molecular weight excluding hydrogens is 350 g/mol. The highest BCUT2D eigenvalue weighted by Crippen LogP contribution is 2.26. The number of carbonyl (C=O) groups is 1. The normalized spacial score (nSPS) is 16.1. The number of hydrogen-bond donors (Lipinski definition) is 1. The number of nitrogens with one attached hydrogen (secondary N) is 1. The second kappa shape index (κ2) is 6.64. The summed E-state index contributed by atoms with van der Waals surface area (Å²) >= 11 is 0. The Morgan fingerprint density at radius 2 is 1.96 bits per heavy atom. The number of benzene rings is 2. The number of imidazole rings is 2. The van der Waals surface area contributed by atoms with Crippen molar-refractivity contribution in [2.24, 2.45) is 13.0 Å². The number of fused-ring (bicyclic) bond motifs is 2. The number of para-hydroxylation sites is 2. The predicted molar refractivity (Wildman–Crippen MR) is 109 cm³/mol. The molecule has 1 unspecified atom stereocenters. The van der Waals surface area contributed by atoms with E-state index in [1.54, 1.807) is 6.33 Å². The number of hydrogen-bond acceptors (Lipinski definition) is 3. The van der Waals surface area contributed by atoms with Crippen molar-refractivity contribution in [3.63, 3.8) is 0 Å². The monoisotopic (exact) mass is 371 g/mol. The summed E-state index contributed by atoms with van der Waals surface area (Å²) in [6.45, 7) is 0.694. The lowest BCUT2D eigenvalue weighted by Gasteiger charge is -2.23. The fourth-order valence-corrected chi connectivity index (χ4v) is 3.94. The standard InChI is InChI=1S/C22H21N5O/c1-26-20-5-3-2-4-19(20)25-21(26)15-6-9-17(10-7-15)24-22(28)16-8-11-18-12-23-14-27(18)13-16/h2-7,9-10,12,14,16H,8,11,13H2,1H3,(H,24,28). The number of carbonyl (C=O) groups excluding carboxylic acids is 1. The van der Waals surface area contributed by atoms with Gasteiger partial charge in [0.1, 0.15) is 5.82 Å². The van der Waals surface area contributed by atoms with Gasteiger partial charge in [0.25, 0.3) is 0 Å². The van der Waals surface area contributed by atoms with Gasteiger partial charge in [0, 0.05) is 36.7 Å². The molecule has 6 nitrogen and oxygen atoms in total. The Kier molecular flexibility index (Phi) is 3.97. The van der Waals surface area contributed by atoms with Gasteiger partial charge in [-0.05, 0) is 49.2 Å². The van der Waals surface area contributed by atoms with E-state index in [1.165, 1.54) is 5.69 Å². The lowest BCUT2D eigenvalue weighted by Crippen LogP contribution is -2.30. The highest BCUT2D eigenvalue weighted by molar-refractivity contribution is 5.93. The molecular formula is C22H21N5O. The Balaban J connectivity index is 1.32. The zero-order valence-corrected chi connectivity index (χ0v) is 15.7. The van der Waals surface area contributed by atoms with E-state index in [0.29, 0.717) is 6.54 Å². The van der Waals surface area contributed by atoms with Crippen LogP contribution in [0.1, 0.15) is 12.1 Å². The molecule has 0 bridgehead atoms. The summed E-state index contributed by atoms with van der Waals surface area (Å²) in [6, 6.07) is 16.0. The molecule has 140 valence electrons. The second-order valence-corrected chi connectivity index (χ2v) is 7.32. The van der Waals surface area contributed by atoms with Crippen molar-refractivity contribution in [1.82, 2.24) is 19.1 Å². The first-order valence-electron chi connectivity index (χ1n) is 9.51. The van der Waals surface area contributed by atoms with Crippen LogP contribution in [0.2, 0.25) is 0 Å². The van der Waals surface area contributed by atoms with E-state index in [9.17, 15) is 4.79 Å². The second-order valence-electron chi connectivity index (χ2n) is 7.32. The number of aromatic nitrogens is 4. The minimum absolute atomic E-state index is 0.0267. The van der Waals surface area contributed by atoms with Gasteiger partial charge >= 0.3 is 0 Å². The number of nitrogens with zero attached hydrogens (tertiary/aromatic N) is 4. The molecule has 2 aromatic heterocycles. The third-order valence-corrected chi connectivity index (χ3v) is 5.53. The summed E-state index contributed by atoms with van der Waals surface area (Å²) < 4.78 is 4.16. The summed E-state index contributed by atoms with van der Waals surface area (Å²) in [7, 11) is 2.02. The Bertz CT molecular complexity index is 1160. The Hall–Kier alpha value is -3.41. The SMILES string of the molecule is Cn1c(-c2ccc(NC(=O)C3CCc4cncn4C3)cc2)nc2ccccc21. The van der Waals surface area contributed by atoms with Gasteiger partial charge in [0.15, 0.2) is 0 Å². The lowest BCUT2D eigenvalue weighted by molar-refractivity contribution is -0.120. The summed E-state index contributed by atoms with van der Waals surface area (Å²) in [5.41, 5.74) is 5.12. The van der Waals surface area contributed by atoms with E-state index in [2.05, 4.69) is 25.5 Å². The Morgan fingerprint density at radius 3 is 2.79 bits per heavy atom. The summed E-state index contributed by atoms with van der Waals surface area (Å²) in [4.78, 5) is 21.6. The maximum atomic E-state index is 12.7. The molecule has 4 aromatic rings. The highest BCUT2D eigenvalue weighted by Gasteiger charge is 2.24. The molecule has 1 aliphatic rings. The first-order chi connectivity index (χ1) is 13.7. The van der Waals surface area contributed by atoms with Crippen LogP contribution in [-0.4, -0.2) is 25.0 Å². The van der Waals surface area contributed by atoms with Crippen LogP contribution in [0.3, 0.4) is 0 Å². The van der Waals surface area contributed by atoms with Gasteiger partial charge in [0.2, 0.25) is 5.91 Å². The van der Waals surface area contributed by atoms with Gasteiger partial charge < -0.3 is 14.5 Å². The molecule has 6 heteroatoms. The van der Waals surface area contributed by atoms with Gasteiger partial charge in [-0.1, -0.05) is 12.1 Å². The average Bonchev–Trinajstić information content (AvgIpc) is 3.33. The molecule has 28 heavy (non-hydrogen) atoms. The molecule has 1 amide bonds. The molecule has 2 aromatic carbocycles. The molecule has 0 spiro atoms. The average molecular weight is 371 g/mol. The van der Waals surface area contributed by atoms with Crippen LogP contribution in [0.4, 0.5) is 5.69 Å².